The van der Waals surface area contributed by atoms with Gasteiger partial charge >= 0.3 is 0 Å². The van der Waals surface area contributed by atoms with Crippen LogP contribution in [-0.2, 0) is 20.8 Å². The molecule has 3 fully saturated rings. The van der Waals surface area contributed by atoms with Crippen molar-refractivity contribution < 1.29 is 24.2 Å². The van der Waals surface area contributed by atoms with Crippen molar-refractivity contribution in [2.24, 2.45) is 11.8 Å². The number of aliphatic hydroxyl groups excluding tert-OH is 1. The number of fused-ring (bicyclic) bond motifs is 1. The van der Waals surface area contributed by atoms with Gasteiger partial charge in [0.15, 0.2) is 0 Å². The maximum atomic E-state index is 14.4. The predicted molar refractivity (Wildman–Crippen MR) is 164 cm³/mol. The lowest BCUT2D eigenvalue weighted by Gasteiger charge is -2.37. The fourth-order valence-electron chi connectivity index (χ4n) is 6.71. The van der Waals surface area contributed by atoms with E-state index in [1.165, 1.54) is 0 Å². The molecule has 0 aliphatic carbocycles. The lowest BCUT2D eigenvalue weighted by atomic mass is 9.70. The quantitative estimate of drug-likeness (QED) is 0.238. The zero-order chi connectivity index (χ0) is 29.1. The van der Waals surface area contributed by atoms with Crippen LogP contribution >= 0.6 is 27.7 Å². The normalized spacial score (nSPS) is 28.8. The Morgan fingerprint density at radius 2 is 1.88 bits per heavy atom. The Morgan fingerprint density at radius 1 is 1.15 bits per heavy atom. The number of nitrogens with zero attached hydrogens (tertiary/aromatic N) is 1. The van der Waals surface area contributed by atoms with Crippen LogP contribution in [0.2, 0.25) is 0 Å². The molecule has 3 aliphatic heterocycles. The molecule has 220 valence electrons. The third kappa shape index (κ3) is 5.62. The van der Waals surface area contributed by atoms with Crippen molar-refractivity contribution in [3.8, 4) is 5.75 Å². The van der Waals surface area contributed by atoms with Crippen molar-refractivity contribution in [1.82, 2.24) is 10.2 Å². The van der Waals surface area contributed by atoms with E-state index in [1.54, 1.807) is 40.9 Å². The second kappa shape index (κ2) is 12.8. The van der Waals surface area contributed by atoms with E-state index < -0.39 is 28.7 Å². The minimum Gasteiger partial charge on any atom is -0.494 e. The van der Waals surface area contributed by atoms with E-state index in [0.717, 1.165) is 18.4 Å². The van der Waals surface area contributed by atoms with Crippen molar-refractivity contribution in [3.63, 3.8) is 0 Å². The highest BCUT2D eigenvalue weighted by Gasteiger charge is 2.76. The van der Waals surface area contributed by atoms with Gasteiger partial charge in [0.2, 0.25) is 17.7 Å². The molecule has 0 saturated carbocycles. The number of carbonyl (C=O) groups excluding carboxylic acids is 3. The van der Waals surface area contributed by atoms with Crippen molar-refractivity contribution >= 4 is 51.1 Å². The molecular weight excluding hydrogens is 606 g/mol. The van der Waals surface area contributed by atoms with Gasteiger partial charge in [0.05, 0.1) is 35.8 Å². The number of unbranched alkanes of at least 4 members (excludes halogenated alkanes) is 1. The molecule has 3 unspecified atom stereocenters. The molecular formula is C31H38BrN3O5S. The first-order valence-corrected chi connectivity index (χ1v) is 16.2. The van der Waals surface area contributed by atoms with Gasteiger partial charge in [0, 0.05) is 22.3 Å². The highest BCUT2D eigenvalue weighted by molar-refractivity contribution is 9.09. The average molecular weight is 645 g/mol. The van der Waals surface area contributed by atoms with Crippen LogP contribution in [0, 0.1) is 11.8 Å². The molecule has 1 spiro atoms. The summed E-state index contributed by atoms with van der Waals surface area (Å²) in [6.07, 6.45) is 2.78. The SMILES string of the molecule is CCCCNC(=O)C1N([C@@H](CO)Cc2ccccc2)C(=O)[C@@H]2[C@H](C(=O)Nc3ccc(OCC)cc3)[C@H]3SC12CC3Br. The summed E-state index contributed by atoms with van der Waals surface area (Å²) in [5.41, 5.74) is 1.60. The largest absolute Gasteiger partial charge is 0.494 e. The molecule has 7 atom stereocenters. The van der Waals surface area contributed by atoms with Crippen LogP contribution in [0.15, 0.2) is 54.6 Å². The van der Waals surface area contributed by atoms with E-state index in [1.807, 2.05) is 37.3 Å². The number of carbonyl (C=O) groups is 3. The van der Waals surface area contributed by atoms with E-state index in [-0.39, 0.29) is 34.4 Å². The van der Waals surface area contributed by atoms with Crippen LogP contribution in [0.3, 0.4) is 0 Å². The van der Waals surface area contributed by atoms with Crippen LogP contribution < -0.4 is 15.4 Å². The number of likely N-dealkylation sites (tertiary alicyclic amines) is 1. The first-order valence-electron chi connectivity index (χ1n) is 14.4. The van der Waals surface area contributed by atoms with Crippen LogP contribution in [0.4, 0.5) is 5.69 Å². The topological polar surface area (TPSA) is 108 Å². The van der Waals surface area contributed by atoms with Crippen molar-refractivity contribution in [3.05, 3.63) is 60.2 Å². The number of aliphatic hydroxyl groups is 1. The highest BCUT2D eigenvalue weighted by atomic mass is 79.9. The highest BCUT2D eigenvalue weighted by Crippen LogP contribution is 2.68. The van der Waals surface area contributed by atoms with Gasteiger partial charge in [-0.3, -0.25) is 14.4 Å². The number of thioether (sulfide) groups is 1. The molecule has 2 aromatic carbocycles. The van der Waals surface area contributed by atoms with Crippen LogP contribution in [0.5, 0.6) is 5.75 Å². The summed E-state index contributed by atoms with van der Waals surface area (Å²) in [5.74, 6) is -1.23. The molecule has 3 saturated heterocycles. The number of halogens is 1. The van der Waals surface area contributed by atoms with Gasteiger partial charge in [0.1, 0.15) is 11.8 Å². The number of ether oxygens (including phenoxy) is 1. The Labute approximate surface area is 254 Å². The van der Waals surface area contributed by atoms with Crippen molar-refractivity contribution in [1.29, 1.82) is 0 Å². The Bertz CT molecular complexity index is 1250. The van der Waals surface area contributed by atoms with E-state index in [9.17, 15) is 19.5 Å². The summed E-state index contributed by atoms with van der Waals surface area (Å²) in [4.78, 5) is 43.8. The second-order valence-electron chi connectivity index (χ2n) is 11.0. The third-order valence-corrected chi connectivity index (χ3v) is 11.7. The molecule has 3 amide bonds. The summed E-state index contributed by atoms with van der Waals surface area (Å²) >= 11 is 5.41. The van der Waals surface area contributed by atoms with Crippen LogP contribution in [0.1, 0.15) is 38.7 Å². The summed E-state index contributed by atoms with van der Waals surface area (Å²) in [5, 5.41) is 16.5. The van der Waals surface area contributed by atoms with Gasteiger partial charge in [0.25, 0.3) is 0 Å². The first-order chi connectivity index (χ1) is 19.8. The Morgan fingerprint density at radius 3 is 2.54 bits per heavy atom. The molecule has 0 aromatic heterocycles. The summed E-state index contributed by atoms with van der Waals surface area (Å²) in [6.45, 7) is 4.76. The maximum Gasteiger partial charge on any atom is 0.244 e. The Hall–Kier alpha value is -2.56. The Balaban J connectivity index is 1.47. The number of alkyl halides is 1. The minimum absolute atomic E-state index is 0.0276. The van der Waals surface area contributed by atoms with Gasteiger partial charge in [-0.25, -0.2) is 0 Å². The molecule has 3 aliphatic rings. The average Bonchev–Trinajstić information content (AvgIpc) is 3.57. The number of hydrogen-bond acceptors (Lipinski definition) is 6. The fourth-order valence-corrected chi connectivity index (χ4v) is 10.3. The third-order valence-electron chi connectivity index (χ3n) is 8.46. The minimum atomic E-state index is -0.781. The first kappa shape index (κ1) is 29.9. The monoisotopic (exact) mass is 643 g/mol. The molecule has 10 heteroatoms. The number of hydrogen-bond donors (Lipinski definition) is 3. The molecule has 5 rings (SSSR count). The van der Waals surface area contributed by atoms with E-state index in [2.05, 4.69) is 33.5 Å². The smallest absolute Gasteiger partial charge is 0.244 e. The molecule has 8 nitrogen and oxygen atoms in total. The van der Waals surface area contributed by atoms with Crippen LogP contribution in [-0.4, -0.2) is 74.4 Å². The summed E-state index contributed by atoms with van der Waals surface area (Å²) < 4.78 is 4.75. The lowest BCUT2D eigenvalue weighted by Crippen LogP contribution is -2.57. The van der Waals surface area contributed by atoms with Gasteiger partial charge in [-0.05, 0) is 56.0 Å². The van der Waals surface area contributed by atoms with E-state index in [0.29, 0.717) is 37.4 Å². The number of rotatable bonds is 12. The fraction of sp³-hybridized carbons (Fsp3) is 0.516. The number of nitrogens with one attached hydrogen (secondary N) is 2. The van der Waals surface area contributed by atoms with Crippen molar-refractivity contribution in [2.75, 3.05) is 25.1 Å². The van der Waals surface area contributed by atoms with E-state index >= 15 is 0 Å². The maximum absolute atomic E-state index is 14.4. The second-order valence-corrected chi connectivity index (χ2v) is 13.7. The number of benzene rings is 2. The molecule has 2 aromatic rings. The van der Waals surface area contributed by atoms with E-state index in [4.69, 9.17) is 4.74 Å². The van der Waals surface area contributed by atoms with Crippen LogP contribution in [0.25, 0.3) is 0 Å². The number of anilines is 1. The summed E-state index contributed by atoms with van der Waals surface area (Å²) in [7, 11) is 0. The molecule has 41 heavy (non-hydrogen) atoms. The standard InChI is InChI=1S/C31H38BrN3O5S/c1-3-5-15-33-29(38)27-31-17-23(32)26(41-31)24(28(37)34-20-11-13-22(14-12-20)40-4-2)25(31)30(39)35(27)21(18-36)16-19-9-7-6-8-10-19/h6-14,21,23-27,36H,3-5,15-18H2,1-2H3,(H,33,38)(H,34,37)/t21-,23?,24+,25+,26+,27?,31?/m1/s1. The van der Waals surface area contributed by atoms with Gasteiger partial charge in [-0.2, -0.15) is 0 Å². The zero-order valence-electron chi connectivity index (χ0n) is 23.4. The molecule has 0 radical (unpaired) electrons. The van der Waals surface area contributed by atoms with Crippen molar-refractivity contribution in [2.45, 2.75) is 66.4 Å². The zero-order valence-corrected chi connectivity index (χ0v) is 25.8. The van der Waals surface area contributed by atoms with Gasteiger partial charge < -0.3 is 25.4 Å². The predicted octanol–water partition coefficient (Wildman–Crippen LogP) is 4.01. The summed E-state index contributed by atoms with van der Waals surface area (Å²) in [6, 6.07) is 15.5. The number of amides is 3. The Kier molecular flexibility index (Phi) is 9.30. The van der Waals surface area contributed by atoms with Gasteiger partial charge in [-0.15, -0.1) is 11.8 Å². The molecule has 3 N–H and O–H groups in total. The van der Waals surface area contributed by atoms with Gasteiger partial charge in [-0.1, -0.05) is 59.6 Å². The lowest BCUT2D eigenvalue weighted by molar-refractivity contribution is -0.142. The molecule has 2 bridgehead atoms. The molecule has 3 heterocycles.